The first kappa shape index (κ1) is 18.0. The molecule has 29 heavy (non-hydrogen) atoms. The maximum Gasteiger partial charge on any atom is 0.261 e. The molecular weight excluding hydrogens is 399 g/mol. The van der Waals surface area contributed by atoms with Gasteiger partial charge >= 0.3 is 0 Å². The van der Waals surface area contributed by atoms with Gasteiger partial charge in [-0.05, 0) is 38.1 Å². The number of fused-ring (bicyclic) bond motifs is 1. The molecule has 5 rings (SSSR count). The van der Waals surface area contributed by atoms with Crippen molar-refractivity contribution in [2.75, 3.05) is 13.1 Å². The first-order chi connectivity index (χ1) is 14.1. The first-order valence-corrected chi connectivity index (χ1v) is 9.60. The molecule has 0 unspecified atom stereocenters. The van der Waals surface area contributed by atoms with Crippen LogP contribution in [0, 0.1) is 5.82 Å². The van der Waals surface area contributed by atoms with Crippen LogP contribution in [0.5, 0.6) is 0 Å². The maximum atomic E-state index is 14.3. The molecule has 8 nitrogen and oxygen atoms in total. The normalized spacial score (nSPS) is 15.2. The van der Waals surface area contributed by atoms with Crippen LogP contribution in [-0.2, 0) is 0 Å². The largest absolute Gasteiger partial charge is 0.333 e. The lowest BCUT2D eigenvalue weighted by Crippen LogP contribution is -2.28. The van der Waals surface area contributed by atoms with Crippen LogP contribution in [0.15, 0.2) is 39.8 Å². The van der Waals surface area contributed by atoms with Gasteiger partial charge in [-0.15, -0.1) is 0 Å². The van der Waals surface area contributed by atoms with E-state index in [4.69, 9.17) is 16.1 Å². The van der Waals surface area contributed by atoms with E-state index in [1.165, 1.54) is 12.1 Å². The zero-order valence-electron chi connectivity index (χ0n) is 15.2. The highest BCUT2D eigenvalue weighted by Gasteiger charge is 2.23. The molecule has 0 spiro atoms. The summed E-state index contributed by atoms with van der Waals surface area (Å²) in [6, 6.07) is 6.13. The van der Waals surface area contributed by atoms with Crippen LogP contribution in [0.2, 0.25) is 5.02 Å². The van der Waals surface area contributed by atoms with Gasteiger partial charge in [0.1, 0.15) is 5.65 Å². The lowest BCUT2D eigenvalue weighted by molar-refractivity contribution is 0.430. The Hall–Kier alpha value is -3.04. The molecule has 10 heteroatoms. The summed E-state index contributed by atoms with van der Waals surface area (Å²) in [5.74, 6) is -0.204. The lowest BCUT2D eigenvalue weighted by Gasteiger charge is -2.23. The van der Waals surface area contributed by atoms with Crippen molar-refractivity contribution in [3.63, 3.8) is 0 Å². The van der Waals surface area contributed by atoms with Crippen LogP contribution in [0.3, 0.4) is 0 Å². The summed E-state index contributed by atoms with van der Waals surface area (Å²) in [4.78, 5) is 19.4. The third-order valence-corrected chi connectivity index (χ3v) is 5.43. The van der Waals surface area contributed by atoms with Gasteiger partial charge in [-0.2, -0.15) is 10.1 Å². The van der Waals surface area contributed by atoms with Gasteiger partial charge in [0, 0.05) is 12.0 Å². The van der Waals surface area contributed by atoms with E-state index in [1.807, 2.05) is 0 Å². The smallest absolute Gasteiger partial charge is 0.261 e. The Balaban J connectivity index is 1.60. The van der Waals surface area contributed by atoms with Crippen LogP contribution in [0.4, 0.5) is 4.39 Å². The first-order valence-electron chi connectivity index (χ1n) is 9.22. The van der Waals surface area contributed by atoms with Crippen molar-refractivity contribution in [2.24, 2.45) is 0 Å². The van der Waals surface area contributed by atoms with Gasteiger partial charge in [0.15, 0.2) is 5.82 Å². The van der Waals surface area contributed by atoms with E-state index < -0.39 is 5.82 Å². The standard InChI is InChI=1S/C19H16ClFN6O2/c20-13-3-1-2-11(16(13)21)19-25-17(26-29-19)12-9-23-27-14(8-15(28)24-18(12)27)10-4-6-22-7-5-10/h1-3,8-10,22H,4-7H2,(H,24,28). The average Bonchev–Trinajstić information content (AvgIpc) is 3.37. The van der Waals surface area contributed by atoms with Gasteiger partial charge in [-0.25, -0.2) is 8.91 Å². The quantitative estimate of drug-likeness (QED) is 0.534. The lowest BCUT2D eigenvalue weighted by atomic mass is 9.94. The molecule has 0 amide bonds. The van der Waals surface area contributed by atoms with E-state index in [0.717, 1.165) is 31.6 Å². The van der Waals surface area contributed by atoms with Crippen molar-refractivity contribution in [2.45, 2.75) is 18.8 Å². The molecule has 1 fully saturated rings. The number of H-pyrrole nitrogens is 1. The second-order valence-electron chi connectivity index (χ2n) is 6.93. The molecule has 1 aliphatic heterocycles. The minimum absolute atomic E-state index is 0.00351. The van der Waals surface area contributed by atoms with Gasteiger partial charge < -0.3 is 14.8 Å². The second kappa shape index (κ2) is 7.09. The van der Waals surface area contributed by atoms with Crippen LogP contribution in [0.1, 0.15) is 24.5 Å². The summed E-state index contributed by atoms with van der Waals surface area (Å²) in [5, 5.41) is 11.7. The molecule has 2 N–H and O–H groups in total. The van der Waals surface area contributed by atoms with Crippen molar-refractivity contribution >= 4 is 17.2 Å². The third-order valence-electron chi connectivity index (χ3n) is 5.14. The topological polar surface area (TPSA) is 101 Å². The summed E-state index contributed by atoms with van der Waals surface area (Å²) in [6.07, 6.45) is 3.42. The van der Waals surface area contributed by atoms with Crippen LogP contribution < -0.4 is 10.9 Å². The molecule has 3 aromatic heterocycles. The van der Waals surface area contributed by atoms with Crippen LogP contribution >= 0.6 is 11.6 Å². The number of piperidine rings is 1. The Labute approximate surface area is 168 Å². The fourth-order valence-electron chi connectivity index (χ4n) is 3.70. The molecule has 1 aliphatic rings. The molecule has 0 saturated carbocycles. The van der Waals surface area contributed by atoms with Crippen LogP contribution in [-0.4, -0.2) is 37.8 Å². The minimum Gasteiger partial charge on any atom is -0.333 e. The molecular formula is C19H16ClFN6O2. The average molecular weight is 415 g/mol. The zero-order valence-corrected chi connectivity index (χ0v) is 15.9. The van der Waals surface area contributed by atoms with Crippen LogP contribution in [0.25, 0.3) is 28.5 Å². The van der Waals surface area contributed by atoms with Gasteiger partial charge in [0.2, 0.25) is 5.82 Å². The summed E-state index contributed by atoms with van der Waals surface area (Å²) in [7, 11) is 0. The second-order valence-corrected chi connectivity index (χ2v) is 7.33. The summed E-state index contributed by atoms with van der Waals surface area (Å²) < 4.78 is 21.2. The number of aromatic nitrogens is 5. The van der Waals surface area contributed by atoms with Gasteiger partial charge in [0.05, 0.1) is 28.0 Å². The predicted molar refractivity (Wildman–Crippen MR) is 104 cm³/mol. The SMILES string of the molecule is O=c1cc(C2CCNCC2)n2ncc(-c3noc(-c4cccc(Cl)c4F)n3)c2[nH]1. The number of nitrogens with one attached hydrogen (secondary N) is 2. The van der Waals surface area contributed by atoms with Crippen molar-refractivity contribution in [3.8, 4) is 22.8 Å². The molecule has 1 saturated heterocycles. The number of benzene rings is 1. The third kappa shape index (κ3) is 3.12. The van der Waals surface area contributed by atoms with E-state index in [0.29, 0.717) is 11.2 Å². The number of halogens is 2. The van der Waals surface area contributed by atoms with E-state index in [2.05, 4.69) is 25.5 Å². The Bertz CT molecular complexity index is 1260. The monoisotopic (exact) mass is 414 g/mol. The van der Waals surface area contributed by atoms with Crippen molar-refractivity contribution in [1.29, 1.82) is 0 Å². The molecule has 4 aromatic rings. The number of nitrogens with zero attached hydrogens (tertiary/aromatic N) is 4. The van der Waals surface area contributed by atoms with Crippen molar-refractivity contribution in [1.82, 2.24) is 30.1 Å². The molecule has 0 bridgehead atoms. The molecule has 0 radical (unpaired) electrons. The van der Waals surface area contributed by atoms with Gasteiger partial charge in [-0.3, -0.25) is 4.79 Å². The minimum atomic E-state index is -0.633. The highest BCUT2D eigenvalue weighted by molar-refractivity contribution is 6.31. The molecule has 148 valence electrons. The van der Waals surface area contributed by atoms with E-state index >= 15 is 0 Å². The van der Waals surface area contributed by atoms with E-state index in [9.17, 15) is 9.18 Å². The van der Waals surface area contributed by atoms with Crippen molar-refractivity contribution in [3.05, 3.63) is 57.3 Å². The number of rotatable bonds is 3. The predicted octanol–water partition coefficient (Wildman–Crippen LogP) is 3.00. The Morgan fingerprint density at radius 1 is 1.24 bits per heavy atom. The number of hydrogen-bond donors (Lipinski definition) is 2. The van der Waals surface area contributed by atoms with E-state index in [-0.39, 0.29) is 33.8 Å². The molecule has 0 atom stereocenters. The Kier molecular flexibility index (Phi) is 4.40. The van der Waals surface area contributed by atoms with Crippen molar-refractivity contribution < 1.29 is 8.91 Å². The highest BCUT2D eigenvalue weighted by Crippen LogP contribution is 2.30. The molecule has 4 heterocycles. The van der Waals surface area contributed by atoms with E-state index in [1.54, 1.807) is 22.8 Å². The summed E-state index contributed by atoms with van der Waals surface area (Å²) in [6.45, 7) is 1.79. The summed E-state index contributed by atoms with van der Waals surface area (Å²) >= 11 is 5.83. The fraction of sp³-hybridized carbons (Fsp3) is 0.263. The number of aromatic amines is 1. The summed E-state index contributed by atoms with van der Waals surface area (Å²) in [5.41, 5.74) is 1.70. The zero-order chi connectivity index (χ0) is 20.0. The highest BCUT2D eigenvalue weighted by atomic mass is 35.5. The maximum absolute atomic E-state index is 14.3. The van der Waals surface area contributed by atoms with Gasteiger partial charge in [0.25, 0.3) is 11.4 Å². The molecule has 0 aliphatic carbocycles. The molecule has 1 aromatic carbocycles. The Morgan fingerprint density at radius 3 is 2.90 bits per heavy atom. The number of hydrogen-bond acceptors (Lipinski definition) is 6. The Morgan fingerprint density at radius 2 is 2.07 bits per heavy atom. The fourth-order valence-corrected chi connectivity index (χ4v) is 3.87. The van der Waals surface area contributed by atoms with Gasteiger partial charge in [-0.1, -0.05) is 22.8 Å².